The Morgan fingerprint density at radius 3 is 2.21 bits per heavy atom. The van der Waals surface area contributed by atoms with Crippen LogP contribution in [0.3, 0.4) is 0 Å². The SMILES string of the molecule is CC1CCC(CN)(C(=O)NCC2(C(=O)O)CC2)CC1. The number of nitrogens with two attached hydrogens (primary N) is 1. The highest BCUT2D eigenvalue weighted by Gasteiger charge is 2.51. The van der Waals surface area contributed by atoms with Crippen molar-refractivity contribution in [3.05, 3.63) is 0 Å². The second-order valence-electron chi connectivity index (χ2n) is 6.44. The van der Waals surface area contributed by atoms with Crippen molar-refractivity contribution in [2.24, 2.45) is 22.5 Å². The van der Waals surface area contributed by atoms with Crippen LogP contribution in [0, 0.1) is 16.7 Å². The predicted molar refractivity (Wildman–Crippen MR) is 71.4 cm³/mol. The molecular weight excluding hydrogens is 244 g/mol. The first-order chi connectivity index (χ1) is 8.94. The molecule has 0 aliphatic heterocycles. The van der Waals surface area contributed by atoms with E-state index in [4.69, 9.17) is 10.8 Å². The fraction of sp³-hybridized carbons (Fsp3) is 0.857. The third kappa shape index (κ3) is 2.76. The fourth-order valence-electron chi connectivity index (χ4n) is 2.89. The Labute approximate surface area is 113 Å². The maximum atomic E-state index is 12.4. The van der Waals surface area contributed by atoms with Crippen LogP contribution in [-0.4, -0.2) is 30.1 Å². The molecule has 2 aliphatic rings. The summed E-state index contributed by atoms with van der Waals surface area (Å²) in [6, 6.07) is 0. The first-order valence-electron chi connectivity index (χ1n) is 7.16. The lowest BCUT2D eigenvalue weighted by Crippen LogP contribution is -2.49. The molecule has 5 heteroatoms. The van der Waals surface area contributed by atoms with Gasteiger partial charge in [0.1, 0.15) is 0 Å². The average Bonchev–Trinajstić information content (AvgIpc) is 3.18. The molecule has 0 atom stereocenters. The van der Waals surface area contributed by atoms with Crippen molar-refractivity contribution in [1.82, 2.24) is 5.32 Å². The normalized spacial score (nSPS) is 32.6. The van der Waals surface area contributed by atoms with E-state index in [2.05, 4.69) is 12.2 Å². The summed E-state index contributed by atoms with van der Waals surface area (Å²) >= 11 is 0. The van der Waals surface area contributed by atoms with Crippen LogP contribution in [0.15, 0.2) is 0 Å². The molecule has 5 nitrogen and oxygen atoms in total. The van der Waals surface area contributed by atoms with Gasteiger partial charge >= 0.3 is 5.97 Å². The van der Waals surface area contributed by atoms with Crippen molar-refractivity contribution in [3.8, 4) is 0 Å². The molecule has 0 radical (unpaired) electrons. The molecular formula is C14H24N2O3. The van der Waals surface area contributed by atoms with Crippen LogP contribution >= 0.6 is 0 Å². The van der Waals surface area contributed by atoms with Gasteiger partial charge in [-0.1, -0.05) is 6.92 Å². The predicted octanol–water partition coefficient (Wildman–Crippen LogP) is 1.12. The first kappa shape index (κ1) is 14.3. The maximum absolute atomic E-state index is 12.4. The monoisotopic (exact) mass is 268 g/mol. The van der Waals surface area contributed by atoms with Gasteiger partial charge in [-0.2, -0.15) is 0 Å². The number of hydrogen-bond donors (Lipinski definition) is 3. The molecule has 2 rings (SSSR count). The lowest BCUT2D eigenvalue weighted by atomic mass is 9.70. The number of nitrogens with one attached hydrogen (secondary N) is 1. The number of amides is 1. The van der Waals surface area contributed by atoms with Gasteiger partial charge in [-0.3, -0.25) is 9.59 Å². The molecule has 108 valence electrons. The van der Waals surface area contributed by atoms with Gasteiger partial charge in [-0.25, -0.2) is 0 Å². The number of carboxylic acid groups (broad SMARTS) is 1. The van der Waals surface area contributed by atoms with Crippen molar-refractivity contribution in [2.75, 3.05) is 13.1 Å². The lowest BCUT2D eigenvalue weighted by molar-refractivity contribution is -0.143. The largest absolute Gasteiger partial charge is 0.481 e. The zero-order valence-electron chi connectivity index (χ0n) is 11.6. The van der Waals surface area contributed by atoms with Crippen molar-refractivity contribution in [1.29, 1.82) is 0 Å². The summed E-state index contributed by atoms with van der Waals surface area (Å²) in [7, 11) is 0. The highest BCUT2D eigenvalue weighted by molar-refractivity contribution is 5.84. The Morgan fingerprint density at radius 2 is 1.79 bits per heavy atom. The quantitative estimate of drug-likeness (QED) is 0.696. The Morgan fingerprint density at radius 1 is 1.21 bits per heavy atom. The molecule has 0 heterocycles. The molecule has 0 aromatic heterocycles. The Balaban J connectivity index is 1.92. The number of carboxylic acids is 1. The van der Waals surface area contributed by atoms with Gasteiger partial charge in [0.25, 0.3) is 0 Å². The molecule has 2 aliphatic carbocycles. The van der Waals surface area contributed by atoms with E-state index in [0.717, 1.165) is 25.7 Å². The fourth-order valence-corrected chi connectivity index (χ4v) is 2.89. The van der Waals surface area contributed by atoms with E-state index in [1.54, 1.807) is 0 Å². The van der Waals surface area contributed by atoms with E-state index in [1.165, 1.54) is 0 Å². The standard InChI is InChI=1S/C14H24N2O3/c1-10-2-4-13(8-15,5-3-10)11(17)16-9-14(6-7-14)12(18)19/h10H,2-9,15H2,1H3,(H,16,17)(H,18,19). The minimum atomic E-state index is -0.799. The topological polar surface area (TPSA) is 92.4 Å². The van der Waals surface area contributed by atoms with Crippen LogP contribution in [-0.2, 0) is 9.59 Å². The molecule has 19 heavy (non-hydrogen) atoms. The highest BCUT2D eigenvalue weighted by Crippen LogP contribution is 2.45. The van der Waals surface area contributed by atoms with Crippen molar-refractivity contribution < 1.29 is 14.7 Å². The molecule has 0 aromatic carbocycles. The van der Waals surface area contributed by atoms with Gasteiger partial charge in [-0.15, -0.1) is 0 Å². The Bertz CT molecular complexity index is 369. The van der Waals surface area contributed by atoms with Gasteiger partial charge < -0.3 is 16.2 Å². The lowest BCUT2D eigenvalue weighted by Gasteiger charge is -2.37. The summed E-state index contributed by atoms with van der Waals surface area (Å²) in [5, 5.41) is 12.0. The third-order valence-corrected chi connectivity index (χ3v) is 5.00. The van der Waals surface area contributed by atoms with E-state index in [9.17, 15) is 9.59 Å². The summed E-state index contributed by atoms with van der Waals surface area (Å²) in [5.74, 6) is -0.192. The zero-order chi connectivity index (χ0) is 14.1. The van der Waals surface area contributed by atoms with Crippen LogP contribution in [0.4, 0.5) is 0 Å². The molecule has 0 aromatic rings. The minimum absolute atomic E-state index is 0.0468. The van der Waals surface area contributed by atoms with Gasteiger partial charge in [0.2, 0.25) is 5.91 Å². The van der Waals surface area contributed by atoms with Gasteiger partial charge in [-0.05, 0) is 44.4 Å². The van der Waals surface area contributed by atoms with Crippen LogP contribution in [0.1, 0.15) is 45.4 Å². The smallest absolute Gasteiger partial charge is 0.311 e. The second kappa shape index (κ2) is 5.12. The van der Waals surface area contributed by atoms with E-state index in [1.807, 2.05) is 0 Å². The molecule has 2 fully saturated rings. The van der Waals surface area contributed by atoms with Gasteiger partial charge in [0.15, 0.2) is 0 Å². The molecule has 0 spiro atoms. The van der Waals surface area contributed by atoms with E-state index >= 15 is 0 Å². The van der Waals surface area contributed by atoms with Gasteiger partial charge in [0.05, 0.1) is 10.8 Å². The van der Waals surface area contributed by atoms with E-state index < -0.39 is 16.8 Å². The maximum Gasteiger partial charge on any atom is 0.311 e. The second-order valence-corrected chi connectivity index (χ2v) is 6.44. The van der Waals surface area contributed by atoms with Crippen molar-refractivity contribution in [3.63, 3.8) is 0 Å². The molecule has 1 amide bonds. The highest BCUT2D eigenvalue weighted by atomic mass is 16.4. The van der Waals surface area contributed by atoms with Crippen LogP contribution in [0.5, 0.6) is 0 Å². The first-order valence-corrected chi connectivity index (χ1v) is 7.16. The van der Waals surface area contributed by atoms with Crippen LogP contribution in [0.2, 0.25) is 0 Å². The van der Waals surface area contributed by atoms with Crippen molar-refractivity contribution in [2.45, 2.75) is 45.4 Å². The molecule has 0 bridgehead atoms. The summed E-state index contributed by atoms with van der Waals surface area (Å²) in [5.41, 5.74) is 4.65. The van der Waals surface area contributed by atoms with Crippen molar-refractivity contribution >= 4 is 11.9 Å². The number of hydrogen-bond acceptors (Lipinski definition) is 3. The number of rotatable bonds is 5. The van der Waals surface area contributed by atoms with Crippen LogP contribution < -0.4 is 11.1 Å². The average molecular weight is 268 g/mol. The summed E-state index contributed by atoms with van der Waals surface area (Å²) in [6.07, 6.45) is 5.00. The molecule has 0 unspecified atom stereocenters. The number of aliphatic carboxylic acids is 1. The molecule has 4 N–H and O–H groups in total. The number of carbonyl (C=O) groups excluding carboxylic acids is 1. The molecule has 0 saturated heterocycles. The molecule has 2 saturated carbocycles. The van der Waals surface area contributed by atoms with Gasteiger partial charge in [0, 0.05) is 13.1 Å². The summed E-state index contributed by atoms with van der Waals surface area (Å²) in [4.78, 5) is 23.5. The van der Waals surface area contributed by atoms with E-state index in [-0.39, 0.29) is 12.5 Å². The third-order valence-electron chi connectivity index (χ3n) is 5.00. The van der Waals surface area contributed by atoms with E-state index in [0.29, 0.717) is 25.3 Å². The summed E-state index contributed by atoms with van der Waals surface area (Å²) in [6.45, 7) is 2.80. The number of carbonyl (C=O) groups is 2. The minimum Gasteiger partial charge on any atom is -0.481 e. The Kier molecular flexibility index (Phi) is 3.85. The Hall–Kier alpha value is -1.10. The van der Waals surface area contributed by atoms with Crippen LogP contribution in [0.25, 0.3) is 0 Å². The zero-order valence-corrected chi connectivity index (χ0v) is 11.6. The summed E-state index contributed by atoms with van der Waals surface area (Å²) < 4.78 is 0.